The molecule has 0 aliphatic rings. The highest BCUT2D eigenvalue weighted by Gasteiger charge is 2.34. The second-order valence-electron chi connectivity index (χ2n) is 2.16. The average molecular weight is 207 g/mol. The third-order valence-electron chi connectivity index (χ3n) is 1.19. The van der Waals surface area contributed by atoms with Crippen LogP contribution < -0.4 is 5.73 Å². The third kappa shape index (κ3) is 2.35. The van der Waals surface area contributed by atoms with Crippen LogP contribution in [-0.4, -0.2) is 15.0 Å². The molecule has 0 fully saturated rings. The van der Waals surface area contributed by atoms with E-state index in [-0.39, 0.29) is 10.6 Å². The van der Waals surface area contributed by atoms with E-state index in [9.17, 15) is 13.2 Å². The summed E-state index contributed by atoms with van der Waals surface area (Å²) in [7, 11) is 0. The topological polar surface area (TPSA) is 51.8 Å². The predicted molar refractivity (Wildman–Crippen MR) is 42.9 cm³/mol. The van der Waals surface area contributed by atoms with E-state index in [2.05, 4.69) is 22.2 Å². The minimum absolute atomic E-state index is 0.0336. The summed E-state index contributed by atoms with van der Waals surface area (Å²) in [6.07, 6.45) is -2.65. The zero-order chi connectivity index (χ0) is 10.1. The molecule has 1 heterocycles. The Hall–Kier alpha value is -1.24. The van der Waals surface area contributed by atoms with Crippen molar-refractivity contribution >= 4 is 17.2 Å². The van der Waals surface area contributed by atoms with Crippen LogP contribution in [0.4, 0.5) is 13.2 Å². The summed E-state index contributed by atoms with van der Waals surface area (Å²) in [6, 6.07) is 0. The van der Waals surface area contributed by atoms with E-state index >= 15 is 0 Å². The van der Waals surface area contributed by atoms with Gasteiger partial charge in [-0.1, -0.05) is 12.2 Å². The summed E-state index contributed by atoms with van der Waals surface area (Å²) in [6.45, 7) is 0. The quantitative estimate of drug-likeness (QED) is 0.701. The lowest BCUT2D eigenvalue weighted by Crippen LogP contribution is -2.14. The van der Waals surface area contributed by atoms with E-state index in [0.29, 0.717) is 0 Å². The van der Waals surface area contributed by atoms with Gasteiger partial charge in [-0.15, -0.1) is 0 Å². The lowest BCUT2D eigenvalue weighted by Gasteiger charge is -2.03. The van der Waals surface area contributed by atoms with Crippen molar-refractivity contribution in [3.63, 3.8) is 0 Å². The Labute approximate surface area is 76.8 Å². The summed E-state index contributed by atoms with van der Waals surface area (Å²) in [4.78, 5) is 6.10. The van der Waals surface area contributed by atoms with Crippen LogP contribution in [0.1, 0.15) is 11.4 Å². The zero-order valence-corrected chi connectivity index (χ0v) is 6.99. The second kappa shape index (κ2) is 3.25. The Morgan fingerprint density at radius 2 is 1.77 bits per heavy atom. The molecule has 0 aliphatic heterocycles. The lowest BCUT2D eigenvalue weighted by molar-refractivity contribution is -0.145. The van der Waals surface area contributed by atoms with Crippen LogP contribution >= 0.6 is 12.2 Å². The number of halogens is 3. The largest absolute Gasteiger partial charge is 0.451 e. The molecular formula is C6H4F3N3S. The summed E-state index contributed by atoms with van der Waals surface area (Å²) < 4.78 is 35.8. The molecule has 7 heteroatoms. The van der Waals surface area contributed by atoms with Crippen molar-refractivity contribution in [3.8, 4) is 0 Å². The fourth-order valence-corrected chi connectivity index (χ4v) is 0.707. The number of hydrogen-bond donors (Lipinski definition) is 1. The number of rotatable bonds is 1. The fraction of sp³-hybridized carbons (Fsp3) is 0.167. The minimum atomic E-state index is -4.53. The maximum atomic E-state index is 11.9. The number of thiocarbonyl (C=S) groups is 1. The molecule has 13 heavy (non-hydrogen) atoms. The van der Waals surface area contributed by atoms with Gasteiger partial charge in [0.15, 0.2) is 0 Å². The van der Waals surface area contributed by atoms with Crippen LogP contribution in [-0.2, 0) is 6.18 Å². The standard InChI is InChI=1S/C6H4F3N3S/c7-6(8,9)5-11-1-3(2-12-5)4(10)13/h1-2H,(H2,10,13). The molecule has 3 nitrogen and oxygen atoms in total. The van der Waals surface area contributed by atoms with Gasteiger partial charge >= 0.3 is 6.18 Å². The molecule has 1 aromatic rings. The molecule has 0 unspecified atom stereocenters. The normalized spacial score (nSPS) is 11.3. The molecule has 0 saturated carbocycles. The van der Waals surface area contributed by atoms with Gasteiger partial charge in [0.1, 0.15) is 4.99 Å². The number of nitrogens with two attached hydrogens (primary N) is 1. The highest BCUT2D eigenvalue weighted by atomic mass is 32.1. The van der Waals surface area contributed by atoms with Gasteiger partial charge < -0.3 is 5.73 Å². The average Bonchev–Trinajstić information content (AvgIpc) is 2.03. The van der Waals surface area contributed by atoms with Crippen LogP contribution in [0.3, 0.4) is 0 Å². The summed E-state index contributed by atoms with van der Waals surface area (Å²) in [5.41, 5.74) is 5.35. The predicted octanol–water partition coefficient (Wildman–Crippen LogP) is 1.13. The van der Waals surface area contributed by atoms with Crippen LogP contribution in [0.2, 0.25) is 0 Å². The van der Waals surface area contributed by atoms with E-state index in [1.165, 1.54) is 0 Å². The van der Waals surface area contributed by atoms with E-state index in [4.69, 9.17) is 5.73 Å². The Balaban J connectivity index is 3.01. The first kappa shape index (κ1) is 9.85. The summed E-state index contributed by atoms with van der Waals surface area (Å²) in [5, 5.41) is 0. The van der Waals surface area contributed by atoms with Gasteiger partial charge in [-0.3, -0.25) is 0 Å². The van der Waals surface area contributed by atoms with Crippen molar-refractivity contribution in [1.82, 2.24) is 9.97 Å². The van der Waals surface area contributed by atoms with Gasteiger partial charge in [0, 0.05) is 18.0 Å². The third-order valence-corrected chi connectivity index (χ3v) is 1.43. The Morgan fingerprint density at radius 3 is 2.08 bits per heavy atom. The van der Waals surface area contributed by atoms with Gasteiger partial charge in [-0.05, 0) is 0 Å². The summed E-state index contributed by atoms with van der Waals surface area (Å²) >= 11 is 4.52. The first-order chi connectivity index (χ1) is 5.91. The van der Waals surface area contributed by atoms with Crippen molar-refractivity contribution in [2.75, 3.05) is 0 Å². The fourth-order valence-electron chi connectivity index (χ4n) is 0.602. The number of nitrogens with zero attached hydrogens (tertiary/aromatic N) is 2. The highest BCUT2D eigenvalue weighted by Crippen LogP contribution is 2.25. The SMILES string of the molecule is NC(=S)c1cnc(C(F)(F)F)nc1. The molecule has 0 bridgehead atoms. The van der Waals surface area contributed by atoms with E-state index < -0.39 is 12.0 Å². The van der Waals surface area contributed by atoms with E-state index in [1.807, 2.05) is 0 Å². The van der Waals surface area contributed by atoms with Crippen molar-refractivity contribution < 1.29 is 13.2 Å². The molecule has 2 N–H and O–H groups in total. The number of hydrogen-bond acceptors (Lipinski definition) is 3. The van der Waals surface area contributed by atoms with Crippen LogP contribution in [0.25, 0.3) is 0 Å². The molecule has 1 rings (SSSR count). The minimum Gasteiger partial charge on any atom is -0.389 e. The molecule has 0 radical (unpaired) electrons. The molecule has 0 atom stereocenters. The highest BCUT2D eigenvalue weighted by molar-refractivity contribution is 7.80. The van der Waals surface area contributed by atoms with Gasteiger partial charge in [0.05, 0.1) is 0 Å². The van der Waals surface area contributed by atoms with E-state index in [1.54, 1.807) is 0 Å². The smallest absolute Gasteiger partial charge is 0.389 e. The molecule has 0 aromatic carbocycles. The monoisotopic (exact) mass is 207 g/mol. The molecule has 0 aliphatic carbocycles. The van der Waals surface area contributed by atoms with E-state index in [0.717, 1.165) is 12.4 Å². The maximum absolute atomic E-state index is 11.9. The van der Waals surface area contributed by atoms with Gasteiger partial charge in [-0.25, -0.2) is 9.97 Å². The van der Waals surface area contributed by atoms with Crippen molar-refractivity contribution in [3.05, 3.63) is 23.8 Å². The first-order valence-corrected chi connectivity index (χ1v) is 3.51. The van der Waals surface area contributed by atoms with Crippen molar-refractivity contribution in [2.24, 2.45) is 5.73 Å². The van der Waals surface area contributed by atoms with Crippen LogP contribution in [0, 0.1) is 0 Å². The number of aromatic nitrogens is 2. The van der Waals surface area contributed by atoms with Crippen molar-refractivity contribution in [1.29, 1.82) is 0 Å². The molecule has 0 amide bonds. The molecule has 0 saturated heterocycles. The van der Waals surface area contributed by atoms with Gasteiger partial charge in [0.25, 0.3) is 0 Å². The first-order valence-electron chi connectivity index (χ1n) is 3.10. The molecule has 70 valence electrons. The number of alkyl halides is 3. The molecule has 0 spiro atoms. The molecule has 1 aromatic heterocycles. The van der Waals surface area contributed by atoms with Gasteiger partial charge in [0.2, 0.25) is 5.82 Å². The van der Waals surface area contributed by atoms with Crippen molar-refractivity contribution in [2.45, 2.75) is 6.18 Å². The second-order valence-corrected chi connectivity index (χ2v) is 2.60. The Kier molecular flexibility index (Phi) is 2.46. The van der Waals surface area contributed by atoms with Crippen LogP contribution in [0.5, 0.6) is 0 Å². The zero-order valence-electron chi connectivity index (χ0n) is 6.17. The Morgan fingerprint density at radius 1 is 1.31 bits per heavy atom. The molecular weight excluding hydrogens is 203 g/mol. The van der Waals surface area contributed by atoms with Crippen LogP contribution in [0.15, 0.2) is 12.4 Å². The lowest BCUT2D eigenvalue weighted by atomic mass is 10.3. The Bertz CT molecular complexity index is 319. The van der Waals surface area contributed by atoms with Gasteiger partial charge in [-0.2, -0.15) is 13.2 Å². The maximum Gasteiger partial charge on any atom is 0.451 e. The summed E-state index contributed by atoms with van der Waals surface area (Å²) in [5.74, 6) is -1.20.